The Labute approximate surface area is 81.9 Å². The second-order valence-corrected chi connectivity index (χ2v) is 3.50. The molecule has 2 aromatic rings. The number of hydrogen-bond donors (Lipinski definition) is 1. The van der Waals surface area contributed by atoms with Crippen LogP contribution in [-0.4, -0.2) is 4.98 Å². The number of rotatable bonds is 1. The van der Waals surface area contributed by atoms with Crippen LogP contribution >= 0.6 is 15.9 Å². The van der Waals surface area contributed by atoms with Crippen LogP contribution in [0.3, 0.4) is 0 Å². The van der Waals surface area contributed by atoms with Crippen LogP contribution in [0.2, 0.25) is 0 Å². The van der Waals surface area contributed by atoms with Crippen molar-refractivity contribution in [3.63, 3.8) is 0 Å². The Morgan fingerprint density at radius 3 is 2.69 bits per heavy atom. The van der Waals surface area contributed by atoms with Gasteiger partial charge in [0.2, 0.25) is 0 Å². The molecule has 0 radical (unpaired) electrons. The summed E-state index contributed by atoms with van der Waals surface area (Å²) in [4.78, 5) is 2.90. The van der Waals surface area contributed by atoms with Crippen LogP contribution in [0.4, 0.5) is 8.78 Å². The number of aromatic amines is 1. The molecule has 0 aliphatic carbocycles. The topological polar surface area (TPSA) is 15.8 Å². The highest BCUT2D eigenvalue weighted by Gasteiger charge is 2.13. The molecule has 0 atom stereocenters. The summed E-state index contributed by atoms with van der Waals surface area (Å²) >= 11 is 3.15. The molecule has 2 rings (SSSR count). The van der Waals surface area contributed by atoms with E-state index in [2.05, 4.69) is 20.9 Å². The Morgan fingerprint density at radius 1 is 1.23 bits per heavy atom. The van der Waals surface area contributed by atoms with Crippen LogP contribution < -0.4 is 0 Å². The fourth-order valence-corrected chi connectivity index (χ4v) is 1.92. The summed E-state index contributed by atoms with van der Waals surface area (Å²) in [5.41, 5.74) is 0.743. The molecule has 1 N–H and O–H groups in total. The first-order valence-electron chi connectivity index (χ1n) is 3.74. The normalized spacial score (nSPS) is 11.4. The standard InChI is InChI=1S/C9H6BrF2N/c10-7-6(9(11)12)2-1-5-3-4-13-8(5)7/h1-4,9,13H. The first-order valence-corrected chi connectivity index (χ1v) is 4.53. The molecule has 0 bridgehead atoms. The van der Waals surface area contributed by atoms with E-state index in [1.165, 1.54) is 6.07 Å². The first-order chi connectivity index (χ1) is 6.20. The van der Waals surface area contributed by atoms with E-state index in [1.807, 2.05) is 6.07 Å². The maximum absolute atomic E-state index is 12.4. The number of alkyl halides is 2. The highest BCUT2D eigenvalue weighted by Crippen LogP contribution is 2.32. The molecule has 0 saturated heterocycles. The lowest BCUT2D eigenvalue weighted by Crippen LogP contribution is -1.86. The number of aromatic nitrogens is 1. The van der Waals surface area contributed by atoms with Gasteiger partial charge >= 0.3 is 0 Å². The average Bonchev–Trinajstić information content (AvgIpc) is 2.52. The van der Waals surface area contributed by atoms with Gasteiger partial charge in [-0.15, -0.1) is 0 Å². The van der Waals surface area contributed by atoms with E-state index in [0.717, 1.165) is 10.9 Å². The summed E-state index contributed by atoms with van der Waals surface area (Å²) in [5.74, 6) is 0. The van der Waals surface area contributed by atoms with Gasteiger partial charge in [0.15, 0.2) is 0 Å². The van der Waals surface area contributed by atoms with Gasteiger partial charge < -0.3 is 4.98 Å². The maximum atomic E-state index is 12.4. The van der Waals surface area contributed by atoms with E-state index in [1.54, 1.807) is 12.3 Å². The lowest BCUT2D eigenvalue weighted by molar-refractivity contribution is 0.150. The van der Waals surface area contributed by atoms with Gasteiger partial charge in [0.05, 0.1) is 9.99 Å². The van der Waals surface area contributed by atoms with Gasteiger partial charge in [0.1, 0.15) is 0 Å². The molecule has 68 valence electrons. The quantitative estimate of drug-likeness (QED) is 0.786. The minimum atomic E-state index is -2.44. The molecule has 1 aromatic heterocycles. The van der Waals surface area contributed by atoms with Crippen molar-refractivity contribution in [1.82, 2.24) is 4.98 Å². The van der Waals surface area contributed by atoms with E-state index in [-0.39, 0.29) is 5.56 Å². The van der Waals surface area contributed by atoms with Crippen molar-refractivity contribution < 1.29 is 8.78 Å². The van der Waals surface area contributed by atoms with E-state index in [9.17, 15) is 8.78 Å². The van der Waals surface area contributed by atoms with Gasteiger partial charge in [0.25, 0.3) is 6.43 Å². The maximum Gasteiger partial charge on any atom is 0.265 e. The largest absolute Gasteiger partial charge is 0.360 e. The number of hydrogen-bond acceptors (Lipinski definition) is 0. The van der Waals surface area contributed by atoms with Crippen molar-refractivity contribution >= 4 is 26.8 Å². The zero-order valence-electron chi connectivity index (χ0n) is 6.52. The van der Waals surface area contributed by atoms with E-state index >= 15 is 0 Å². The van der Waals surface area contributed by atoms with Crippen molar-refractivity contribution in [2.75, 3.05) is 0 Å². The Morgan fingerprint density at radius 2 is 2.00 bits per heavy atom. The number of fused-ring (bicyclic) bond motifs is 1. The van der Waals surface area contributed by atoms with Gasteiger partial charge in [0, 0.05) is 17.1 Å². The zero-order valence-corrected chi connectivity index (χ0v) is 8.11. The molecule has 0 aliphatic rings. The van der Waals surface area contributed by atoms with Crippen molar-refractivity contribution in [3.8, 4) is 0 Å². The van der Waals surface area contributed by atoms with Gasteiger partial charge in [-0.25, -0.2) is 8.78 Å². The molecule has 1 heterocycles. The van der Waals surface area contributed by atoms with Crippen LogP contribution in [0.1, 0.15) is 12.0 Å². The third-order valence-corrected chi connectivity index (χ3v) is 2.78. The molecule has 0 saturated carbocycles. The molecule has 1 aromatic carbocycles. The second kappa shape index (κ2) is 3.10. The van der Waals surface area contributed by atoms with Gasteiger partial charge in [-0.1, -0.05) is 12.1 Å². The molecular weight excluding hydrogens is 240 g/mol. The van der Waals surface area contributed by atoms with Gasteiger partial charge in [-0.2, -0.15) is 0 Å². The molecule has 0 fully saturated rings. The smallest absolute Gasteiger partial charge is 0.265 e. The molecule has 13 heavy (non-hydrogen) atoms. The molecule has 1 nitrogen and oxygen atoms in total. The Bertz CT molecular complexity index is 436. The molecule has 0 aliphatic heterocycles. The predicted molar refractivity (Wildman–Crippen MR) is 51.0 cm³/mol. The predicted octanol–water partition coefficient (Wildman–Crippen LogP) is 3.87. The summed E-state index contributed by atoms with van der Waals surface area (Å²) in [7, 11) is 0. The van der Waals surface area contributed by atoms with Crippen molar-refractivity contribution in [2.45, 2.75) is 6.43 Å². The molecule has 0 unspecified atom stereocenters. The monoisotopic (exact) mass is 245 g/mol. The molecule has 0 spiro atoms. The summed E-state index contributed by atoms with van der Waals surface area (Å²) in [6, 6.07) is 4.96. The second-order valence-electron chi connectivity index (χ2n) is 2.71. The molecule has 0 amide bonds. The molecule has 4 heteroatoms. The Balaban J connectivity index is 2.73. The third-order valence-electron chi connectivity index (χ3n) is 1.93. The lowest BCUT2D eigenvalue weighted by atomic mass is 10.2. The fourth-order valence-electron chi connectivity index (χ4n) is 1.28. The number of nitrogens with one attached hydrogen (secondary N) is 1. The Hall–Kier alpha value is -0.900. The summed E-state index contributed by atoms with van der Waals surface area (Å²) in [6.07, 6.45) is -0.716. The summed E-state index contributed by atoms with van der Waals surface area (Å²) in [5, 5.41) is 0.927. The van der Waals surface area contributed by atoms with Gasteiger partial charge in [-0.3, -0.25) is 0 Å². The lowest BCUT2D eigenvalue weighted by Gasteiger charge is -2.03. The van der Waals surface area contributed by atoms with Crippen LogP contribution in [0.25, 0.3) is 10.9 Å². The minimum Gasteiger partial charge on any atom is -0.360 e. The third kappa shape index (κ3) is 1.35. The minimum absolute atomic E-state index is 0.0231. The van der Waals surface area contributed by atoms with Crippen LogP contribution in [0, 0.1) is 0 Å². The average molecular weight is 246 g/mol. The number of H-pyrrole nitrogens is 1. The zero-order chi connectivity index (χ0) is 9.42. The number of benzene rings is 1. The fraction of sp³-hybridized carbons (Fsp3) is 0.111. The number of halogens is 3. The van der Waals surface area contributed by atoms with E-state index in [0.29, 0.717) is 4.47 Å². The van der Waals surface area contributed by atoms with E-state index in [4.69, 9.17) is 0 Å². The summed E-state index contributed by atoms with van der Waals surface area (Å²) in [6.45, 7) is 0. The summed E-state index contributed by atoms with van der Waals surface area (Å²) < 4.78 is 25.3. The van der Waals surface area contributed by atoms with Crippen LogP contribution in [-0.2, 0) is 0 Å². The van der Waals surface area contributed by atoms with Crippen molar-refractivity contribution in [1.29, 1.82) is 0 Å². The molecular formula is C9H6BrF2N. The highest BCUT2D eigenvalue weighted by atomic mass is 79.9. The van der Waals surface area contributed by atoms with Crippen molar-refractivity contribution in [3.05, 3.63) is 34.4 Å². The van der Waals surface area contributed by atoms with Gasteiger partial charge in [-0.05, 0) is 22.0 Å². The SMILES string of the molecule is FC(F)c1ccc2cc[nH]c2c1Br. The first kappa shape index (κ1) is 8.69. The van der Waals surface area contributed by atoms with Crippen molar-refractivity contribution in [2.24, 2.45) is 0 Å². The Kier molecular flexibility index (Phi) is 2.07. The van der Waals surface area contributed by atoms with Crippen LogP contribution in [0.5, 0.6) is 0 Å². The van der Waals surface area contributed by atoms with Crippen LogP contribution in [0.15, 0.2) is 28.9 Å². The van der Waals surface area contributed by atoms with E-state index < -0.39 is 6.43 Å². The highest BCUT2D eigenvalue weighted by molar-refractivity contribution is 9.10.